The van der Waals surface area contributed by atoms with Crippen molar-refractivity contribution < 1.29 is 14.3 Å². The van der Waals surface area contributed by atoms with Crippen LogP contribution in [0.5, 0.6) is 0 Å². The Bertz CT molecular complexity index is 382. The van der Waals surface area contributed by atoms with E-state index in [0.717, 1.165) is 36.7 Å². The number of aliphatic hydroxyl groups excluding tert-OH is 2. The third-order valence-corrected chi connectivity index (χ3v) is 13.2. The predicted molar refractivity (Wildman–Crippen MR) is 106 cm³/mol. The van der Waals surface area contributed by atoms with Crippen molar-refractivity contribution in [3.8, 4) is 0 Å². The maximum atomic E-state index is 9.08. The van der Waals surface area contributed by atoms with Crippen LogP contribution in [-0.2, 0) is 4.12 Å². The monoisotopic (exact) mass is 350 g/mol. The standard InChI is InChI=1S/C18H30O3Si2/c1-5-13-22(14-6-2,17-9-11-19)21-23(15-7-3,16-8-4)18-10-12-20/h5-12,19-20H,1-4,13-18H2. The van der Waals surface area contributed by atoms with Gasteiger partial charge in [0.25, 0.3) is 0 Å². The summed E-state index contributed by atoms with van der Waals surface area (Å²) in [5.41, 5.74) is 0. The molecule has 0 amide bonds. The Morgan fingerprint density at radius 1 is 0.609 bits per heavy atom. The largest absolute Gasteiger partial charge is 0.516 e. The molecule has 0 rings (SSSR count). The topological polar surface area (TPSA) is 49.7 Å². The summed E-state index contributed by atoms with van der Waals surface area (Å²) in [7, 11) is -4.42. The first-order valence-electron chi connectivity index (χ1n) is 7.80. The lowest BCUT2D eigenvalue weighted by atomic mass is 10.7. The van der Waals surface area contributed by atoms with Crippen molar-refractivity contribution in [2.75, 3.05) is 0 Å². The van der Waals surface area contributed by atoms with Gasteiger partial charge in [-0.2, -0.15) is 0 Å². The molecule has 128 valence electrons. The summed E-state index contributed by atoms with van der Waals surface area (Å²) in [5.74, 6) is 0. The highest BCUT2D eigenvalue weighted by Crippen LogP contribution is 2.34. The minimum absolute atomic E-state index is 0.702. The zero-order valence-corrected chi connectivity index (χ0v) is 16.0. The van der Waals surface area contributed by atoms with Crippen molar-refractivity contribution in [3.05, 3.63) is 75.3 Å². The van der Waals surface area contributed by atoms with Gasteiger partial charge in [0.15, 0.2) is 16.6 Å². The van der Waals surface area contributed by atoms with Gasteiger partial charge < -0.3 is 14.3 Å². The van der Waals surface area contributed by atoms with E-state index in [4.69, 9.17) is 14.3 Å². The van der Waals surface area contributed by atoms with Gasteiger partial charge in [0, 0.05) is 0 Å². The number of allylic oxidation sites excluding steroid dienone is 6. The van der Waals surface area contributed by atoms with Crippen molar-refractivity contribution in [2.24, 2.45) is 0 Å². The highest BCUT2D eigenvalue weighted by Gasteiger charge is 2.42. The van der Waals surface area contributed by atoms with Crippen LogP contribution in [0, 0.1) is 0 Å². The number of aliphatic hydroxyl groups is 2. The Hall–Kier alpha value is -1.57. The molecule has 0 saturated carbocycles. The van der Waals surface area contributed by atoms with Crippen LogP contribution in [0.3, 0.4) is 0 Å². The van der Waals surface area contributed by atoms with Gasteiger partial charge in [-0.1, -0.05) is 36.5 Å². The Labute approximate surface area is 143 Å². The van der Waals surface area contributed by atoms with Crippen LogP contribution in [0.15, 0.2) is 75.3 Å². The third-order valence-electron chi connectivity index (χ3n) is 3.69. The van der Waals surface area contributed by atoms with Gasteiger partial charge in [-0.25, -0.2) is 0 Å². The first kappa shape index (κ1) is 21.4. The fourth-order valence-electron chi connectivity index (χ4n) is 2.80. The van der Waals surface area contributed by atoms with Crippen LogP contribution < -0.4 is 0 Å². The van der Waals surface area contributed by atoms with Gasteiger partial charge >= 0.3 is 0 Å². The molecule has 2 N–H and O–H groups in total. The first-order chi connectivity index (χ1) is 11.1. The van der Waals surface area contributed by atoms with Crippen molar-refractivity contribution in [2.45, 2.75) is 36.3 Å². The molecule has 0 aromatic heterocycles. The first-order valence-corrected chi connectivity index (χ1v) is 12.9. The fraction of sp³-hybridized carbons (Fsp3) is 0.333. The summed E-state index contributed by atoms with van der Waals surface area (Å²) < 4.78 is 6.86. The molecule has 0 spiro atoms. The summed E-state index contributed by atoms with van der Waals surface area (Å²) in [5, 5.41) is 18.2. The molecular formula is C18H30O3Si2. The van der Waals surface area contributed by atoms with E-state index in [1.807, 2.05) is 24.3 Å². The molecule has 0 heterocycles. The SMILES string of the molecule is C=CC[Si](CC=C)(CC=CO)O[Si](CC=C)(CC=C)CC=CO. The Kier molecular flexibility index (Phi) is 11.1. The van der Waals surface area contributed by atoms with Gasteiger partial charge in [0.1, 0.15) is 0 Å². The predicted octanol–water partition coefficient (Wildman–Crippen LogP) is 5.78. The highest BCUT2D eigenvalue weighted by atomic mass is 28.4. The van der Waals surface area contributed by atoms with Crippen molar-refractivity contribution >= 4 is 16.6 Å². The van der Waals surface area contributed by atoms with Gasteiger partial charge in [-0.3, -0.25) is 0 Å². The molecule has 0 aromatic carbocycles. The summed E-state index contributed by atoms with van der Waals surface area (Å²) in [4.78, 5) is 0. The molecule has 0 radical (unpaired) electrons. The zero-order chi connectivity index (χ0) is 17.6. The van der Waals surface area contributed by atoms with E-state index < -0.39 is 16.6 Å². The lowest BCUT2D eigenvalue weighted by Gasteiger charge is -2.40. The maximum absolute atomic E-state index is 9.08. The van der Waals surface area contributed by atoms with E-state index in [2.05, 4.69) is 26.3 Å². The lowest BCUT2D eigenvalue weighted by molar-refractivity contribution is 0.469. The highest BCUT2D eigenvalue weighted by molar-refractivity contribution is 6.88. The molecule has 0 aromatic rings. The molecule has 0 fully saturated rings. The maximum Gasteiger partial charge on any atom is 0.191 e. The number of hydrogen-bond acceptors (Lipinski definition) is 3. The normalized spacial score (nSPS) is 12.5. The van der Waals surface area contributed by atoms with E-state index in [9.17, 15) is 0 Å². The molecule has 5 heteroatoms. The molecule has 3 nitrogen and oxygen atoms in total. The van der Waals surface area contributed by atoms with Gasteiger partial charge in [-0.15, -0.1) is 26.3 Å². The second kappa shape index (κ2) is 11.9. The van der Waals surface area contributed by atoms with Crippen molar-refractivity contribution in [1.29, 1.82) is 0 Å². The summed E-state index contributed by atoms with van der Waals surface area (Å²) in [6.45, 7) is 15.5. The lowest BCUT2D eigenvalue weighted by Crippen LogP contribution is -2.50. The van der Waals surface area contributed by atoms with E-state index in [1.165, 1.54) is 0 Å². The van der Waals surface area contributed by atoms with Crippen LogP contribution in [0.4, 0.5) is 0 Å². The second-order valence-corrected chi connectivity index (χ2v) is 13.6. The molecule has 0 bridgehead atoms. The average Bonchev–Trinajstić information content (AvgIpc) is 2.52. The summed E-state index contributed by atoms with van der Waals surface area (Å²) >= 11 is 0. The second-order valence-electron chi connectivity index (χ2n) is 5.62. The molecule has 0 aliphatic rings. The Balaban J connectivity index is 5.74. The average molecular weight is 351 g/mol. The Morgan fingerprint density at radius 2 is 0.913 bits per heavy atom. The Morgan fingerprint density at radius 3 is 1.13 bits per heavy atom. The van der Waals surface area contributed by atoms with E-state index in [-0.39, 0.29) is 0 Å². The third kappa shape index (κ3) is 7.50. The number of hydrogen-bond donors (Lipinski definition) is 2. The molecule has 0 aliphatic carbocycles. The van der Waals surface area contributed by atoms with E-state index in [1.54, 1.807) is 12.2 Å². The fourth-order valence-corrected chi connectivity index (χ4v) is 12.6. The summed E-state index contributed by atoms with van der Waals surface area (Å²) in [6, 6.07) is 4.55. The molecular weight excluding hydrogens is 320 g/mol. The number of rotatable bonds is 14. The molecule has 0 unspecified atom stereocenters. The van der Waals surface area contributed by atoms with Gasteiger partial charge in [0.2, 0.25) is 0 Å². The minimum atomic E-state index is -2.21. The van der Waals surface area contributed by atoms with Crippen molar-refractivity contribution in [3.63, 3.8) is 0 Å². The zero-order valence-electron chi connectivity index (χ0n) is 14.0. The smallest absolute Gasteiger partial charge is 0.191 e. The van der Waals surface area contributed by atoms with Crippen LogP contribution in [0.1, 0.15) is 0 Å². The van der Waals surface area contributed by atoms with Gasteiger partial charge in [-0.05, 0) is 36.3 Å². The molecule has 0 aliphatic heterocycles. The van der Waals surface area contributed by atoms with Crippen molar-refractivity contribution in [1.82, 2.24) is 0 Å². The quantitative estimate of drug-likeness (QED) is 0.237. The van der Waals surface area contributed by atoms with Crippen LogP contribution in [0.25, 0.3) is 0 Å². The molecule has 0 saturated heterocycles. The minimum Gasteiger partial charge on any atom is -0.516 e. The van der Waals surface area contributed by atoms with Crippen LogP contribution in [0.2, 0.25) is 36.3 Å². The van der Waals surface area contributed by atoms with Crippen LogP contribution >= 0.6 is 0 Å². The molecule has 0 atom stereocenters. The summed E-state index contributed by atoms with van der Waals surface area (Å²) in [6.07, 6.45) is 13.2. The van der Waals surface area contributed by atoms with E-state index in [0.29, 0.717) is 12.1 Å². The van der Waals surface area contributed by atoms with Crippen LogP contribution in [-0.4, -0.2) is 26.8 Å². The van der Waals surface area contributed by atoms with E-state index >= 15 is 0 Å². The molecule has 23 heavy (non-hydrogen) atoms. The van der Waals surface area contributed by atoms with Gasteiger partial charge in [0.05, 0.1) is 12.5 Å².